The van der Waals surface area contributed by atoms with Crippen molar-refractivity contribution in [1.29, 1.82) is 0 Å². The summed E-state index contributed by atoms with van der Waals surface area (Å²) < 4.78 is 7.46. The second-order valence-corrected chi connectivity index (χ2v) is 21.6. The molecule has 2 heteroatoms. The van der Waals surface area contributed by atoms with E-state index in [0.717, 1.165) is 29.8 Å². The van der Waals surface area contributed by atoms with Crippen molar-refractivity contribution in [2.75, 3.05) is 4.90 Å². The van der Waals surface area contributed by atoms with Gasteiger partial charge in [-0.05, 0) is 142 Å². The highest BCUT2D eigenvalue weighted by molar-refractivity contribution is 5.88. The normalized spacial score (nSPS) is 29.5. The second-order valence-electron chi connectivity index (χ2n) is 21.6. The van der Waals surface area contributed by atoms with E-state index in [9.17, 15) is 0 Å². The molecule has 0 amide bonds. The summed E-state index contributed by atoms with van der Waals surface area (Å²) >= 11 is 0. The largest absolute Gasteiger partial charge is 0.456 e. The summed E-state index contributed by atoms with van der Waals surface area (Å²) in [7, 11) is 0. The van der Waals surface area contributed by atoms with Crippen molar-refractivity contribution in [3.05, 3.63) is 161 Å². The van der Waals surface area contributed by atoms with Gasteiger partial charge in [-0.25, -0.2) is 0 Å². The van der Waals surface area contributed by atoms with Crippen LogP contribution in [0, 0.1) is 29.1 Å². The first-order valence-corrected chi connectivity index (χ1v) is 22.6. The van der Waals surface area contributed by atoms with Gasteiger partial charge >= 0.3 is 0 Å². The SMILES string of the molecule is CC1(C)CCC(C)(C)c2c(N(c3ccc4c(c3)Oc3c(-c5ccccc5)cccc3C43C4CC5CC6CC3C64C5)c3ccc4c(c3)C(C)(C)c3ccccc3-4)cccc21. The minimum atomic E-state index is -0.102. The van der Waals surface area contributed by atoms with Crippen LogP contribution in [0.2, 0.25) is 0 Å². The third kappa shape index (κ3) is 4.15. The maximum absolute atomic E-state index is 7.46. The Morgan fingerprint density at radius 1 is 0.542 bits per heavy atom. The summed E-state index contributed by atoms with van der Waals surface area (Å²) in [5.74, 6) is 5.35. The van der Waals surface area contributed by atoms with Crippen molar-refractivity contribution < 1.29 is 4.74 Å². The van der Waals surface area contributed by atoms with Gasteiger partial charge in [0.1, 0.15) is 11.5 Å². The minimum Gasteiger partial charge on any atom is -0.456 e. The summed E-state index contributed by atoms with van der Waals surface area (Å²) in [5.41, 5.74) is 18.1. The molecule has 4 saturated carbocycles. The molecule has 6 atom stereocenters. The average Bonchev–Trinajstić information content (AvgIpc) is 3.85. The third-order valence-corrected chi connectivity index (χ3v) is 17.8. The quantitative estimate of drug-likeness (QED) is 0.177. The number of fused-ring (bicyclic) bond motifs is 11. The van der Waals surface area contributed by atoms with Crippen LogP contribution in [0.4, 0.5) is 17.1 Å². The van der Waals surface area contributed by atoms with E-state index in [0.29, 0.717) is 17.3 Å². The van der Waals surface area contributed by atoms with Gasteiger partial charge in [0, 0.05) is 45.0 Å². The molecule has 0 radical (unpaired) electrons. The lowest BCUT2D eigenvalue weighted by atomic mass is 9.26. The first kappa shape index (κ1) is 34.8. The van der Waals surface area contributed by atoms with Crippen LogP contribution in [-0.4, -0.2) is 0 Å². The molecule has 7 aliphatic rings. The lowest BCUT2D eigenvalue weighted by Gasteiger charge is -2.77. The maximum Gasteiger partial charge on any atom is 0.139 e. The number of rotatable bonds is 4. The predicted molar refractivity (Wildman–Crippen MR) is 242 cm³/mol. The molecule has 2 bridgehead atoms. The van der Waals surface area contributed by atoms with E-state index in [1.165, 1.54) is 105 Å². The van der Waals surface area contributed by atoms with Crippen LogP contribution in [0.3, 0.4) is 0 Å². The molecule has 59 heavy (non-hydrogen) atoms. The topological polar surface area (TPSA) is 12.5 Å². The maximum atomic E-state index is 7.46. The van der Waals surface area contributed by atoms with Crippen molar-refractivity contribution in [3.63, 3.8) is 0 Å². The zero-order chi connectivity index (χ0) is 39.8. The molecule has 4 fully saturated rings. The van der Waals surface area contributed by atoms with Crippen molar-refractivity contribution >= 4 is 17.1 Å². The molecule has 13 rings (SSSR count). The smallest absolute Gasteiger partial charge is 0.139 e. The van der Waals surface area contributed by atoms with Crippen molar-refractivity contribution in [2.45, 2.75) is 102 Å². The van der Waals surface area contributed by atoms with Gasteiger partial charge in [0.05, 0.1) is 5.69 Å². The summed E-state index contributed by atoms with van der Waals surface area (Å²) in [6.07, 6.45) is 7.99. The van der Waals surface area contributed by atoms with Crippen LogP contribution in [0.15, 0.2) is 127 Å². The molecule has 0 saturated heterocycles. The van der Waals surface area contributed by atoms with Crippen molar-refractivity contribution in [3.8, 4) is 33.8 Å². The molecular weight excluding hydrogens is 715 g/mol. The molecule has 1 aliphatic heterocycles. The van der Waals surface area contributed by atoms with Gasteiger partial charge in [-0.3, -0.25) is 0 Å². The van der Waals surface area contributed by atoms with Gasteiger partial charge in [0.25, 0.3) is 0 Å². The van der Waals surface area contributed by atoms with Crippen LogP contribution in [0.1, 0.15) is 113 Å². The van der Waals surface area contributed by atoms with E-state index in [-0.39, 0.29) is 21.7 Å². The van der Waals surface area contributed by atoms with Crippen LogP contribution >= 0.6 is 0 Å². The standard InChI is InChI=1S/C57H55NO/c1-53(2)26-27-54(3,4)51-44(53)19-13-21-47(51)58(37-22-24-41-40-16-10-11-18-42(40)55(5,6)46(41)31-37)38-23-25-43-48(32-38)59-52-39(35-14-8-7-9-15-35)17-12-20-45(52)57(43)49-29-34-28-36-30-50(57)56(36,49)33-34/h7-25,31-32,34,36,49-50H,26-30,33H2,1-6H3. The van der Waals surface area contributed by atoms with E-state index in [1.807, 2.05) is 0 Å². The molecular formula is C57H55NO. The summed E-state index contributed by atoms with van der Waals surface area (Å²) in [6, 6.07) is 48.9. The summed E-state index contributed by atoms with van der Waals surface area (Å²) in [5, 5.41) is 0. The molecule has 0 N–H and O–H groups in total. The number of nitrogens with zero attached hydrogens (tertiary/aromatic N) is 1. The van der Waals surface area contributed by atoms with Gasteiger partial charge in [-0.1, -0.05) is 139 Å². The van der Waals surface area contributed by atoms with Gasteiger partial charge in [-0.15, -0.1) is 0 Å². The van der Waals surface area contributed by atoms with E-state index in [4.69, 9.17) is 4.74 Å². The number of anilines is 3. The molecule has 2 nitrogen and oxygen atoms in total. The molecule has 6 aliphatic carbocycles. The Bertz CT molecular complexity index is 2790. The zero-order valence-electron chi connectivity index (χ0n) is 35.5. The molecule has 1 heterocycles. The van der Waals surface area contributed by atoms with Gasteiger partial charge < -0.3 is 9.64 Å². The van der Waals surface area contributed by atoms with Gasteiger partial charge in [0.15, 0.2) is 0 Å². The molecule has 6 unspecified atom stereocenters. The van der Waals surface area contributed by atoms with E-state index < -0.39 is 0 Å². The highest BCUT2D eigenvalue weighted by atomic mass is 16.5. The Balaban J connectivity index is 1.05. The van der Waals surface area contributed by atoms with Crippen LogP contribution in [0.25, 0.3) is 22.3 Å². The number of hydrogen-bond acceptors (Lipinski definition) is 2. The predicted octanol–water partition coefficient (Wildman–Crippen LogP) is 14.9. The lowest BCUT2D eigenvalue weighted by molar-refractivity contribution is -0.235. The first-order valence-electron chi connectivity index (χ1n) is 22.6. The third-order valence-electron chi connectivity index (χ3n) is 17.8. The number of ether oxygens (including phenoxy) is 1. The van der Waals surface area contributed by atoms with E-state index in [2.05, 4.69) is 174 Å². The number of benzene rings is 6. The monoisotopic (exact) mass is 769 g/mol. The highest BCUT2D eigenvalue weighted by Gasteiger charge is 2.84. The van der Waals surface area contributed by atoms with Gasteiger partial charge in [-0.2, -0.15) is 0 Å². The Kier molecular flexibility index (Phi) is 6.59. The summed E-state index contributed by atoms with van der Waals surface area (Å²) in [4.78, 5) is 2.61. The fraction of sp³-hybridized carbons (Fsp3) is 0.368. The fourth-order valence-corrected chi connectivity index (χ4v) is 15.3. The number of hydrogen-bond donors (Lipinski definition) is 0. The van der Waals surface area contributed by atoms with Crippen LogP contribution in [0.5, 0.6) is 11.5 Å². The van der Waals surface area contributed by atoms with Crippen LogP contribution < -0.4 is 9.64 Å². The molecule has 2 spiro atoms. The Morgan fingerprint density at radius 3 is 2.07 bits per heavy atom. The molecule has 6 aromatic carbocycles. The van der Waals surface area contributed by atoms with Crippen LogP contribution in [-0.2, 0) is 21.7 Å². The molecule has 0 aromatic heterocycles. The Morgan fingerprint density at radius 2 is 1.22 bits per heavy atom. The fourth-order valence-electron chi connectivity index (χ4n) is 15.3. The molecule has 6 aromatic rings. The van der Waals surface area contributed by atoms with Gasteiger partial charge in [0.2, 0.25) is 0 Å². The summed E-state index contributed by atoms with van der Waals surface area (Å²) in [6.45, 7) is 14.7. The minimum absolute atomic E-state index is 0.00400. The zero-order valence-corrected chi connectivity index (χ0v) is 35.5. The number of para-hydroxylation sites is 1. The Labute approximate surface area is 350 Å². The first-order chi connectivity index (χ1) is 28.4. The van der Waals surface area contributed by atoms with E-state index in [1.54, 1.807) is 0 Å². The highest BCUT2D eigenvalue weighted by Crippen LogP contribution is 2.89. The van der Waals surface area contributed by atoms with Crippen molar-refractivity contribution in [1.82, 2.24) is 0 Å². The van der Waals surface area contributed by atoms with Crippen molar-refractivity contribution in [2.24, 2.45) is 29.1 Å². The lowest BCUT2D eigenvalue weighted by Crippen LogP contribution is -2.74. The second kappa shape index (κ2) is 11.2. The average molecular weight is 770 g/mol. The molecule has 294 valence electrons. The van der Waals surface area contributed by atoms with E-state index >= 15 is 0 Å². The Hall–Kier alpha value is -5.08.